The van der Waals surface area contributed by atoms with Crippen LogP contribution in [0.2, 0.25) is 0 Å². The van der Waals surface area contributed by atoms with Crippen LogP contribution in [0.5, 0.6) is 5.75 Å². The van der Waals surface area contributed by atoms with E-state index in [9.17, 15) is 13.2 Å². The number of aromatic nitrogens is 3. The molecule has 0 fully saturated rings. The van der Waals surface area contributed by atoms with E-state index in [0.717, 1.165) is 0 Å². The van der Waals surface area contributed by atoms with Crippen molar-refractivity contribution in [3.63, 3.8) is 0 Å². The van der Waals surface area contributed by atoms with E-state index in [-0.39, 0.29) is 22.1 Å². The summed E-state index contributed by atoms with van der Waals surface area (Å²) < 4.78 is 42.0. The molecule has 2 aromatic heterocycles. The van der Waals surface area contributed by atoms with Crippen molar-refractivity contribution in [2.24, 2.45) is 0 Å². The van der Waals surface area contributed by atoms with Crippen LogP contribution in [0, 0.1) is 0 Å². The number of sulfonamides is 1. The van der Waals surface area contributed by atoms with E-state index in [1.165, 1.54) is 32.4 Å². The van der Waals surface area contributed by atoms with Crippen LogP contribution in [0.15, 0.2) is 52.1 Å². The Labute approximate surface area is 166 Å². The van der Waals surface area contributed by atoms with E-state index < -0.39 is 22.1 Å². The lowest BCUT2D eigenvalue weighted by Gasteiger charge is -2.12. The second kappa shape index (κ2) is 8.37. The molecule has 11 heteroatoms. The van der Waals surface area contributed by atoms with Crippen molar-refractivity contribution in [2.45, 2.75) is 17.9 Å². The SMILES string of the molecule is CNS(=O)(=O)c1cc(C(=O)OC(C)c2nc(-c3cccnc3)no2)ccc1OC. The van der Waals surface area contributed by atoms with E-state index in [1.807, 2.05) is 0 Å². The molecule has 1 atom stereocenters. The van der Waals surface area contributed by atoms with Crippen LogP contribution in [0.1, 0.15) is 29.3 Å². The Morgan fingerprint density at radius 3 is 2.72 bits per heavy atom. The van der Waals surface area contributed by atoms with Crippen molar-refractivity contribution in [3.8, 4) is 17.1 Å². The molecular weight excluding hydrogens is 400 g/mol. The van der Waals surface area contributed by atoms with Crippen molar-refractivity contribution in [1.29, 1.82) is 0 Å². The largest absolute Gasteiger partial charge is 0.495 e. The van der Waals surface area contributed by atoms with Crippen LogP contribution in [0.25, 0.3) is 11.4 Å². The highest BCUT2D eigenvalue weighted by Crippen LogP contribution is 2.26. The third kappa shape index (κ3) is 4.41. The fraction of sp³-hybridized carbons (Fsp3) is 0.222. The summed E-state index contributed by atoms with van der Waals surface area (Å²) in [4.78, 5) is 20.5. The zero-order valence-electron chi connectivity index (χ0n) is 15.8. The summed E-state index contributed by atoms with van der Waals surface area (Å²) in [5.41, 5.74) is 0.677. The predicted molar refractivity (Wildman–Crippen MR) is 101 cm³/mol. The first kappa shape index (κ1) is 20.4. The van der Waals surface area contributed by atoms with Gasteiger partial charge in [-0.3, -0.25) is 4.98 Å². The van der Waals surface area contributed by atoms with E-state index in [2.05, 4.69) is 19.8 Å². The average molecular weight is 418 g/mol. The third-order valence-corrected chi connectivity index (χ3v) is 5.39. The number of ether oxygens (including phenoxy) is 2. The van der Waals surface area contributed by atoms with Crippen LogP contribution in [0.4, 0.5) is 0 Å². The Balaban J connectivity index is 1.80. The number of nitrogens with one attached hydrogen (secondary N) is 1. The predicted octanol–water partition coefficient (Wildman–Crippen LogP) is 1.97. The highest BCUT2D eigenvalue weighted by molar-refractivity contribution is 7.89. The Kier molecular flexibility index (Phi) is 5.89. The lowest BCUT2D eigenvalue weighted by atomic mass is 10.2. The summed E-state index contributed by atoms with van der Waals surface area (Å²) in [5, 5.41) is 3.85. The Hall–Kier alpha value is -3.31. The Bertz CT molecular complexity index is 1110. The molecule has 0 saturated carbocycles. The zero-order valence-corrected chi connectivity index (χ0v) is 16.6. The lowest BCUT2D eigenvalue weighted by molar-refractivity contribution is 0.0265. The maximum Gasteiger partial charge on any atom is 0.338 e. The summed E-state index contributed by atoms with van der Waals surface area (Å²) in [7, 11) is -1.24. The molecule has 0 bridgehead atoms. The molecule has 10 nitrogen and oxygen atoms in total. The van der Waals surface area contributed by atoms with Gasteiger partial charge in [0, 0.05) is 18.0 Å². The quantitative estimate of drug-likeness (QED) is 0.571. The van der Waals surface area contributed by atoms with Crippen LogP contribution >= 0.6 is 0 Å². The number of rotatable bonds is 7. The van der Waals surface area contributed by atoms with Crippen LogP contribution in [0.3, 0.4) is 0 Å². The summed E-state index contributed by atoms with van der Waals surface area (Å²) in [6.45, 7) is 1.56. The van der Waals surface area contributed by atoms with E-state index in [0.29, 0.717) is 11.4 Å². The summed E-state index contributed by atoms with van der Waals surface area (Å²) >= 11 is 0. The lowest BCUT2D eigenvalue weighted by Crippen LogP contribution is -2.20. The number of benzene rings is 1. The van der Waals surface area contributed by atoms with E-state index in [4.69, 9.17) is 14.0 Å². The summed E-state index contributed by atoms with van der Waals surface area (Å²) in [6.07, 6.45) is 2.34. The van der Waals surface area contributed by atoms with Crippen LogP contribution in [-0.2, 0) is 14.8 Å². The first-order valence-corrected chi connectivity index (χ1v) is 9.90. The molecule has 3 aromatic rings. The molecule has 1 aromatic carbocycles. The van der Waals surface area contributed by atoms with Gasteiger partial charge in [0.1, 0.15) is 10.6 Å². The average Bonchev–Trinajstić information content (AvgIpc) is 3.24. The number of hydrogen-bond acceptors (Lipinski definition) is 9. The van der Waals surface area contributed by atoms with Crippen LogP contribution in [-0.4, -0.2) is 43.7 Å². The molecule has 2 heterocycles. The van der Waals surface area contributed by atoms with Gasteiger partial charge in [-0.05, 0) is 44.3 Å². The fourth-order valence-electron chi connectivity index (χ4n) is 2.42. The number of methoxy groups -OCH3 is 1. The number of carbonyl (C=O) groups excluding carboxylic acids is 1. The van der Waals surface area contributed by atoms with Crippen molar-refractivity contribution >= 4 is 16.0 Å². The molecular formula is C18H18N4O6S. The molecule has 1 N–H and O–H groups in total. The summed E-state index contributed by atoms with van der Waals surface area (Å²) in [6, 6.07) is 7.44. The molecule has 0 spiro atoms. The molecule has 0 saturated heterocycles. The van der Waals surface area contributed by atoms with Gasteiger partial charge < -0.3 is 14.0 Å². The molecule has 29 heavy (non-hydrogen) atoms. The molecule has 0 radical (unpaired) electrons. The minimum Gasteiger partial charge on any atom is -0.495 e. The van der Waals surface area contributed by atoms with Crippen molar-refractivity contribution < 1.29 is 27.2 Å². The maximum absolute atomic E-state index is 12.5. The third-order valence-electron chi connectivity index (χ3n) is 3.95. The fourth-order valence-corrected chi connectivity index (χ4v) is 3.33. The summed E-state index contributed by atoms with van der Waals surface area (Å²) in [5.74, 6) is -0.257. The molecule has 1 unspecified atom stereocenters. The standard InChI is InChI=1S/C18H18N4O6S/c1-11(17-21-16(22-28-17)13-5-4-8-20-10-13)27-18(23)12-6-7-14(26-3)15(9-12)29(24,25)19-2/h4-11,19H,1-3H3. The van der Waals surface area contributed by atoms with Gasteiger partial charge in [-0.2, -0.15) is 4.98 Å². The van der Waals surface area contributed by atoms with Gasteiger partial charge >= 0.3 is 5.97 Å². The first-order chi connectivity index (χ1) is 13.9. The highest BCUT2D eigenvalue weighted by atomic mass is 32.2. The number of hydrogen-bond donors (Lipinski definition) is 1. The normalized spacial score (nSPS) is 12.4. The van der Waals surface area contributed by atoms with Crippen LogP contribution < -0.4 is 9.46 Å². The van der Waals surface area contributed by atoms with E-state index >= 15 is 0 Å². The number of nitrogens with zero attached hydrogens (tertiary/aromatic N) is 3. The minimum atomic E-state index is -3.83. The topological polar surface area (TPSA) is 134 Å². The molecule has 0 aliphatic heterocycles. The Morgan fingerprint density at radius 2 is 2.07 bits per heavy atom. The van der Waals surface area contributed by atoms with Gasteiger partial charge in [0.25, 0.3) is 5.89 Å². The van der Waals surface area contributed by atoms with E-state index in [1.54, 1.807) is 31.5 Å². The molecule has 3 rings (SSSR count). The van der Waals surface area contributed by atoms with Gasteiger partial charge in [-0.25, -0.2) is 17.9 Å². The smallest absolute Gasteiger partial charge is 0.338 e. The minimum absolute atomic E-state index is 0.0264. The van der Waals surface area contributed by atoms with Crippen molar-refractivity contribution in [1.82, 2.24) is 19.8 Å². The maximum atomic E-state index is 12.5. The number of esters is 1. The number of carbonyl (C=O) groups is 1. The van der Waals surface area contributed by atoms with Gasteiger partial charge in [0.05, 0.1) is 12.7 Å². The second-order valence-electron chi connectivity index (χ2n) is 5.82. The number of pyridine rings is 1. The molecule has 0 aliphatic carbocycles. The molecule has 152 valence electrons. The first-order valence-electron chi connectivity index (χ1n) is 8.42. The van der Waals surface area contributed by atoms with Gasteiger partial charge in [0.15, 0.2) is 6.10 Å². The monoisotopic (exact) mass is 418 g/mol. The van der Waals surface area contributed by atoms with Gasteiger partial charge in [-0.15, -0.1) is 0 Å². The molecule has 0 aliphatic rings. The molecule has 0 amide bonds. The Morgan fingerprint density at radius 1 is 1.28 bits per heavy atom. The van der Waals surface area contributed by atoms with Gasteiger partial charge in [0.2, 0.25) is 15.8 Å². The zero-order chi connectivity index (χ0) is 21.0. The van der Waals surface area contributed by atoms with Gasteiger partial charge in [-0.1, -0.05) is 5.16 Å². The van der Waals surface area contributed by atoms with Crippen molar-refractivity contribution in [3.05, 3.63) is 54.2 Å². The second-order valence-corrected chi connectivity index (χ2v) is 7.67. The highest BCUT2D eigenvalue weighted by Gasteiger charge is 2.24. The van der Waals surface area contributed by atoms with Crippen molar-refractivity contribution in [2.75, 3.05) is 14.2 Å².